The Kier molecular flexibility index (Phi) is 3.84. The number of hydrogen-bond donors (Lipinski definition) is 1. The number of aromatic nitrogens is 2. The van der Waals surface area contributed by atoms with Crippen molar-refractivity contribution in [3.63, 3.8) is 0 Å². The molecular weight excluding hydrogens is 238 g/mol. The van der Waals surface area contributed by atoms with E-state index >= 15 is 0 Å². The molecule has 1 saturated heterocycles. The number of β-amino-alcohol motifs (C(OH)–C–C–N with tert-alkyl or cyclic N) is 1. The third-order valence-corrected chi connectivity index (χ3v) is 3.39. The van der Waals surface area contributed by atoms with E-state index in [1.165, 1.54) is 6.33 Å². The van der Waals surface area contributed by atoms with E-state index in [2.05, 4.69) is 28.7 Å². The molecule has 1 unspecified atom stereocenters. The van der Waals surface area contributed by atoms with Crippen LogP contribution in [0.15, 0.2) is 6.33 Å². The highest BCUT2D eigenvalue weighted by Gasteiger charge is 2.23. The lowest BCUT2D eigenvalue weighted by molar-refractivity contribution is 0.153. The summed E-state index contributed by atoms with van der Waals surface area (Å²) < 4.78 is 0. The van der Waals surface area contributed by atoms with Gasteiger partial charge < -0.3 is 10.0 Å². The fourth-order valence-electron chi connectivity index (χ4n) is 2.26. The smallest absolute Gasteiger partial charge is 0.138 e. The average Bonchev–Trinajstić information content (AvgIpc) is 2.28. The molecule has 1 aromatic heterocycles. The number of anilines is 1. The summed E-state index contributed by atoms with van der Waals surface area (Å²) in [5.74, 6) is 1.15. The Morgan fingerprint density at radius 3 is 2.88 bits per heavy atom. The highest BCUT2D eigenvalue weighted by Crippen LogP contribution is 2.31. The van der Waals surface area contributed by atoms with Crippen molar-refractivity contribution in [2.45, 2.75) is 38.7 Å². The summed E-state index contributed by atoms with van der Waals surface area (Å²) in [6.07, 6.45) is 3.08. The van der Waals surface area contributed by atoms with Gasteiger partial charge in [-0.25, -0.2) is 9.97 Å². The van der Waals surface area contributed by atoms with E-state index in [1.54, 1.807) is 0 Å². The van der Waals surface area contributed by atoms with Gasteiger partial charge in [-0.2, -0.15) is 0 Å². The van der Waals surface area contributed by atoms with Crippen LogP contribution in [-0.2, 0) is 0 Å². The standard InChI is InChI=1S/C12H18ClN3O/c1-8(2)10-11(13)14-7-15-12(10)16-5-3-4-9(17)6-16/h7-9,17H,3-6H2,1-2H3. The van der Waals surface area contributed by atoms with Gasteiger partial charge in [-0.3, -0.25) is 0 Å². The molecular formula is C12H18ClN3O. The molecule has 1 atom stereocenters. The predicted molar refractivity (Wildman–Crippen MR) is 68.6 cm³/mol. The van der Waals surface area contributed by atoms with Gasteiger partial charge in [0, 0.05) is 18.7 Å². The molecule has 94 valence electrons. The van der Waals surface area contributed by atoms with Gasteiger partial charge in [0.1, 0.15) is 17.3 Å². The number of halogens is 1. The first-order valence-corrected chi connectivity index (χ1v) is 6.40. The molecule has 1 aromatic rings. The predicted octanol–water partition coefficient (Wildman–Crippen LogP) is 2.21. The van der Waals surface area contributed by atoms with Gasteiger partial charge in [0.15, 0.2) is 0 Å². The van der Waals surface area contributed by atoms with Crippen molar-refractivity contribution in [3.8, 4) is 0 Å². The number of piperidine rings is 1. The van der Waals surface area contributed by atoms with Crippen LogP contribution in [0.3, 0.4) is 0 Å². The monoisotopic (exact) mass is 255 g/mol. The van der Waals surface area contributed by atoms with E-state index in [9.17, 15) is 5.11 Å². The molecule has 1 aliphatic heterocycles. The van der Waals surface area contributed by atoms with Gasteiger partial charge in [0.25, 0.3) is 0 Å². The zero-order valence-corrected chi connectivity index (χ0v) is 11.0. The van der Waals surface area contributed by atoms with Gasteiger partial charge in [-0.1, -0.05) is 25.4 Å². The molecule has 0 spiro atoms. The van der Waals surface area contributed by atoms with Crippen LogP contribution in [-0.4, -0.2) is 34.3 Å². The summed E-state index contributed by atoms with van der Waals surface area (Å²) in [4.78, 5) is 10.5. The van der Waals surface area contributed by atoms with E-state index < -0.39 is 0 Å². The van der Waals surface area contributed by atoms with Gasteiger partial charge in [0.2, 0.25) is 0 Å². The number of aliphatic hydroxyl groups excluding tert-OH is 1. The third kappa shape index (κ3) is 2.69. The highest BCUT2D eigenvalue weighted by atomic mass is 35.5. The molecule has 1 aliphatic rings. The van der Waals surface area contributed by atoms with Crippen LogP contribution in [0, 0.1) is 0 Å². The SMILES string of the molecule is CC(C)c1c(Cl)ncnc1N1CCCC(O)C1. The Morgan fingerprint density at radius 2 is 2.24 bits per heavy atom. The Hall–Kier alpha value is -0.870. The van der Waals surface area contributed by atoms with Crippen LogP contribution in [0.2, 0.25) is 5.15 Å². The van der Waals surface area contributed by atoms with Gasteiger partial charge >= 0.3 is 0 Å². The van der Waals surface area contributed by atoms with Crippen molar-refractivity contribution < 1.29 is 5.11 Å². The lowest BCUT2D eigenvalue weighted by Gasteiger charge is -2.32. The summed E-state index contributed by atoms with van der Waals surface area (Å²) in [5, 5.41) is 10.2. The summed E-state index contributed by atoms with van der Waals surface area (Å²) in [6.45, 7) is 5.71. The number of nitrogens with zero attached hydrogens (tertiary/aromatic N) is 3. The number of rotatable bonds is 2. The molecule has 2 rings (SSSR count). The van der Waals surface area contributed by atoms with Crippen LogP contribution in [0.5, 0.6) is 0 Å². The largest absolute Gasteiger partial charge is 0.391 e. The molecule has 1 N–H and O–H groups in total. The van der Waals surface area contributed by atoms with Crippen LogP contribution in [0.25, 0.3) is 0 Å². The normalized spacial score (nSPS) is 21.0. The van der Waals surface area contributed by atoms with E-state index in [0.717, 1.165) is 30.8 Å². The van der Waals surface area contributed by atoms with Crippen molar-refractivity contribution in [2.75, 3.05) is 18.0 Å². The van der Waals surface area contributed by atoms with Crippen molar-refractivity contribution in [2.24, 2.45) is 0 Å². The van der Waals surface area contributed by atoms with Crippen molar-refractivity contribution >= 4 is 17.4 Å². The molecule has 0 amide bonds. The second kappa shape index (κ2) is 5.19. The first-order valence-electron chi connectivity index (χ1n) is 6.03. The van der Waals surface area contributed by atoms with Gasteiger partial charge in [-0.05, 0) is 18.8 Å². The Labute approximate surface area is 107 Å². The molecule has 0 saturated carbocycles. The van der Waals surface area contributed by atoms with Crippen molar-refractivity contribution in [3.05, 3.63) is 17.0 Å². The van der Waals surface area contributed by atoms with Crippen LogP contribution in [0.1, 0.15) is 38.2 Å². The summed E-state index contributed by atoms with van der Waals surface area (Å²) in [7, 11) is 0. The Balaban J connectivity index is 2.34. The maximum absolute atomic E-state index is 9.72. The van der Waals surface area contributed by atoms with Crippen LogP contribution >= 0.6 is 11.6 Å². The van der Waals surface area contributed by atoms with Crippen LogP contribution in [0.4, 0.5) is 5.82 Å². The number of aliphatic hydroxyl groups is 1. The third-order valence-electron chi connectivity index (χ3n) is 3.09. The first kappa shape index (κ1) is 12.6. The molecule has 17 heavy (non-hydrogen) atoms. The fraction of sp³-hybridized carbons (Fsp3) is 0.667. The minimum absolute atomic E-state index is 0.266. The molecule has 4 nitrogen and oxygen atoms in total. The molecule has 2 heterocycles. The average molecular weight is 256 g/mol. The summed E-state index contributed by atoms with van der Waals surface area (Å²) in [5.41, 5.74) is 0.975. The van der Waals surface area contributed by atoms with Crippen molar-refractivity contribution in [1.29, 1.82) is 0 Å². The molecule has 5 heteroatoms. The Morgan fingerprint density at radius 1 is 1.47 bits per heavy atom. The van der Waals surface area contributed by atoms with Crippen molar-refractivity contribution in [1.82, 2.24) is 9.97 Å². The minimum Gasteiger partial charge on any atom is -0.391 e. The fourth-order valence-corrected chi connectivity index (χ4v) is 2.61. The van der Waals surface area contributed by atoms with Gasteiger partial charge in [0.05, 0.1) is 6.10 Å². The number of hydrogen-bond acceptors (Lipinski definition) is 4. The lowest BCUT2D eigenvalue weighted by atomic mass is 10.0. The molecule has 0 aromatic carbocycles. The van der Waals surface area contributed by atoms with E-state index in [0.29, 0.717) is 11.7 Å². The lowest BCUT2D eigenvalue weighted by Crippen LogP contribution is -2.39. The summed E-state index contributed by atoms with van der Waals surface area (Å²) >= 11 is 6.14. The maximum Gasteiger partial charge on any atom is 0.138 e. The molecule has 1 fully saturated rings. The molecule has 0 bridgehead atoms. The van der Waals surface area contributed by atoms with E-state index in [1.807, 2.05) is 0 Å². The Bertz CT molecular complexity index is 397. The quantitative estimate of drug-likeness (QED) is 0.824. The first-order chi connectivity index (χ1) is 8.09. The zero-order valence-electron chi connectivity index (χ0n) is 10.2. The molecule has 0 radical (unpaired) electrons. The minimum atomic E-state index is -0.266. The molecule has 0 aliphatic carbocycles. The van der Waals surface area contributed by atoms with E-state index in [-0.39, 0.29) is 12.0 Å². The second-order valence-corrected chi connectivity index (χ2v) is 5.16. The van der Waals surface area contributed by atoms with Gasteiger partial charge in [-0.15, -0.1) is 0 Å². The topological polar surface area (TPSA) is 49.2 Å². The van der Waals surface area contributed by atoms with Crippen LogP contribution < -0.4 is 4.90 Å². The highest BCUT2D eigenvalue weighted by molar-refractivity contribution is 6.30. The van der Waals surface area contributed by atoms with E-state index in [4.69, 9.17) is 11.6 Å². The summed E-state index contributed by atoms with van der Waals surface area (Å²) in [6, 6.07) is 0. The zero-order chi connectivity index (χ0) is 12.4. The second-order valence-electron chi connectivity index (χ2n) is 4.80. The maximum atomic E-state index is 9.72.